The van der Waals surface area contributed by atoms with Crippen LogP contribution in [-0.4, -0.2) is 32.8 Å². The van der Waals surface area contributed by atoms with Gasteiger partial charge in [0.25, 0.3) is 0 Å². The smallest absolute Gasteiger partial charge is 0.243 e. The molecule has 0 spiro atoms. The Balaban J connectivity index is 1.47. The molecule has 0 atom stereocenters. The Labute approximate surface area is 176 Å². The maximum absolute atomic E-state index is 12.3. The largest absolute Gasteiger partial charge is 0.491 e. The molecule has 0 fully saturated rings. The monoisotopic (exact) mass is 406 g/mol. The van der Waals surface area contributed by atoms with Gasteiger partial charge in [-0.3, -0.25) is 4.79 Å². The molecule has 0 saturated carbocycles. The number of carbonyl (C=O) groups excluding carboxylic acids is 1. The lowest BCUT2D eigenvalue weighted by Crippen LogP contribution is -2.21. The van der Waals surface area contributed by atoms with E-state index < -0.39 is 0 Å². The maximum Gasteiger partial charge on any atom is 0.243 e. The minimum atomic E-state index is -0.153. The highest BCUT2D eigenvalue weighted by Crippen LogP contribution is 2.19. The number of methoxy groups -OCH3 is 1. The Morgan fingerprint density at radius 3 is 2.27 bits per heavy atom. The van der Waals surface area contributed by atoms with Gasteiger partial charge in [-0.25, -0.2) is 0 Å². The highest BCUT2D eigenvalue weighted by molar-refractivity contribution is 5.93. The lowest BCUT2D eigenvalue weighted by molar-refractivity contribution is -0.114. The van der Waals surface area contributed by atoms with Crippen LogP contribution < -0.4 is 20.1 Å². The van der Waals surface area contributed by atoms with Gasteiger partial charge in [0.15, 0.2) is 0 Å². The quantitative estimate of drug-likeness (QED) is 0.464. The number of benzene rings is 3. The summed E-state index contributed by atoms with van der Waals surface area (Å²) < 4.78 is 16.4. The third-order valence-electron chi connectivity index (χ3n) is 4.21. The van der Waals surface area contributed by atoms with E-state index in [2.05, 4.69) is 10.6 Å². The Morgan fingerprint density at radius 1 is 0.800 bits per heavy atom. The molecule has 3 aromatic carbocycles. The van der Waals surface area contributed by atoms with Crippen LogP contribution in [0.5, 0.6) is 11.5 Å². The van der Waals surface area contributed by atoms with E-state index in [0.717, 1.165) is 17.0 Å². The van der Waals surface area contributed by atoms with Crippen molar-refractivity contribution in [2.24, 2.45) is 0 Å². The van der Waals surface area contributed by atoms with Gasteiger partial charge in [-0.15, -0.1) is 0 Å². The van der Waals surface area contributed by atoms with Gasteiger partial charge < -0.3 is 24.8 Å². The van der Waals surface area contributed by atoms with Crippen molar-refractivity contribution in [3.63, 3.8) is 0 Å². The molecule has 1 amide bonds. The van der Waals surface area contributed by atoms with Crippen LogP contribution >= 0.6 is 0 Å². The molecule has 3 rings (SSSR count). The summed E-state index contributed by atoms with van der Waals surface area (Å²) in [5.74, 6) is 1.27. The zero-order chi connectivity index (χ0) is 21.0. The summed E-state index contributed by atoms with van der Waals surface area (Å²) in [5, 5.41) is 5.98. The van der Waals surface area contributed by atoms with Crippen molar-refractivity contribution >= 4 is 17.3 Å². The first kappa shape index (κ1) is 21.2. The van der Waals surface area contributed by atoms with Gasteiger partial charge >= 0.3 is 0 Å². The Bertz CT molecular complexity index is 931. The highest BCUT2D eigenvalue weighted by Gasteiger charge is 2.05. The molecule has 0 unspecified atom stereocenters. The molecule has 0 aromatic heterocycles. The third-order valence-corrected chi connectivity index (χ3v) is 4.21. The number of ether oxygens (including phenoxy) is 3. The number of carbonyl (C=O) groups is 1. The average molecular weight is 406 g/mol. The third kappa shape index (κ3) is 7.14. The summed E-state index contributed by atoms with van der Waals surface area (Å²) in [7, 11) is 1.62. The van der Waals surface area contributed by atoms with Crippen LogP contribution in [0.3, 0.4) is 0 Å². The predicted octanol–water partition coefficient (Wildman–Crippen LogP) is 4.34. The van der Waals surface area contributed by atoms with E-state index in [0.29, 0.717) is 31.3 Å². The number of anilines is 2. The van der Waals surface area contributed by atoms with Gasteiger partial charge in [0.2, 0.25) is 5.91 Å². The number of hydrogen-bond donors (Lipinski definition) is 2. The number of nitrogens with one attached hydrogen (secondary N) is 2. The molecule has 0 heterocycles. The fourth-order valence-corrected chi connectivity index (χ4v) is 2.73. The number of amides is 1. The van der Waals surface area contributed by atoms with Crippen molar-refractivity contribution in [1.29, 1.82) is 0 Å². The minimum absolute atomic E-state index is 0.136. The van der Waals surface area contributed by atoms with Crippen LogP contribution in [-0.2, 0) is 16.1 Å². The highest BCUT2D eigenvalue weighted by atomic mass is 16.5. The summed E-state index contributed by atoms with van der Waals surface area (Å²) in [6.07, 6.45) is 0. The molecule has 30 heavy (non-hydrogen) atoms. The molecule has 0 bridgehead atoms. The van der Waals surface area contributed by atoms with Crippen molar-refractivity contribution < 1.29 is 19.0 Å². The zero-order valence-corrected chi connectivity index (χ0v) is 17.0. The van der Waals surface area contributed by atoms with Gasteiger partial charge in [-0.1, -0.05) is 42.5 Å². The topological polar surface area (TPSA) is 68.8 Å². The number of rotatable bonds is 11. The van der Waals surface area contributed by atoms with Gasteiger partial charge in [-0.2, -0.15) is 0 Å². The van der Waals surface area contributed by atoms with Crippen LogP contribution in [0.4, 0.5) is 11.4 Å². The van der Waals surface area contributed by atoms with Gasteiger partial charge in [-0.05, 0) is 29.8 Å². The lowest BCUT2D eigenvalue weighted by Gasteiger charge is -2.11. The van der Waals surface area contributed by atoms with Crippen LogP contribution in [0, 0.1) is 0 Å². The minimum Gasteiger partial charge on any atom is -0.491 e. The molecule has 6 nitrogen and oxygen atoms in total. The summed E-state index contributed by atoms with van der Waals surface area (Å²) in [6.45, 7) is 1.59. The second-order valence-electron chi connectivity index (χ2n) is 6.57. The first-order chi connectivity index (χ1) is 14.7. The Kier molecular flexibility index (Phi) is 8.12. The van der Waals surface area contributed by atoms with Crippen LogP contribution in [0.15, 0.2) is 78.9 Å². The molecule has 0 aliphatic heterocycles. The van der Waals surface area contributed by atoms with E-state index in [4.69, 9.17) is 14.2 Å². The fraction of sp³-hybridized carbons (Fsp3) is 0.208. The van der Waals surface area contributed by atoms with E-state index in [9.17, 15) is 4.79 Å². The SMILES string of the molecule is COCCOc1cccc(NC(=O)CNc2cccc(OCc3ccccc3)c2)c1. The van der Waals surface area contributed by atoms with Crippen molar-refractivity contribution in [2.75, 3.05) is 37.5 Å². The molecule has 0 aliphatic rings. The standard InChI is InChI=1S/C24H26N2O4/c1-28-13-14-29-22-11-6-10-21(16-22)26-24(27)17-25-20-9-5-12-23(15-20)30-18-19-7-3-2-4-8-19/h2-12,15-16,25H,13-14,17-18H2,1H3,(H,26,27). The van der Waals surface area contributed by atoms with Crippen molar-refractivity contribution in [2.45, 2.75) is 6.61 Å². The molecule has 6 heteroatoms. The molecule has 0 radical (unpaired) electrons. The van der Waals surface area contributed by atoms with Crippen LogP contribution in [0.1, 0.15) is 5.56 Å². The van der Waals surface area contributed by atoms with Crippen LogP contribution in [0.2, 0.25) is 0 Å². The molecule has 3 aromatic rings. The normalized spacial score (nSPS) is 10.3. The summed E-state index contributed by atoms with van der Waals surface area (Å²) in [6, 6.07) is 24.8. The van der Waals surface area contributed by atoms with Gasteiger partial charge in [0.05, 0.1) is 13.2 Å². The lowest BCUT2D eigenvalue weighted by atomic mass is 10.2. The zero-order valence-electron chi connectivity index (χ0n) is 17.0. The Hall–Kier alpha value is -3.51. The summed E-state index contributed by atoms with van der Waals surface area (Å²) in [5.41, 5.74) is 2.59. The molecule has 156 valence electrons. The average Bonchev–Trinajstić information content (AvgIpc) is 2.78. The fourth-order valence-electron chi connectivity index (χ4n) is 2.73. The first-order valence-electron chi connectivity index (χ1n) is 9.75. The molecular weight excluding hydrogens is 380 g/mol. The second-order valence-corrected chi connectivity index (χ2v) is 6.57. The molecule has 0 saturated heterocycles. The van der Waals surface area contributed by atoms with E-state index >= 15 is 0 Å². The summed E-state index contributed by atoms with van der Waals surface area (Å²) >= 11 is 0. The van der Waals surface area contributed by atoms with Crippen molar-refractivity contribution in [3.05, 3.63) is 84.4 Å². The van der Waals surface area contributed by atoms with E-state index in [1.54, 1.807) is 13.2 Å². The Morgan fingerprint density at radius 2 is 1.50 bits per heavy atom. The molecule has 2 N–H and O–H groups in total. The van der Waals surface area contributed by atoms with Crippen molar-refractivity contribution in [1.82, 2.24) is 0 Å². The molecule has 0 aliphatic carbocycles. The van der Waals surface area contributed by atoms with Gasteiger partial charge in [0, 0.05) is 30.6 Å². The van der Waals surface area contributed by atoms with E-state index in [-0.39, 0.29) is 12.5 Å². The van der Waals surface area contributed by atoms with Crippen molar-refractivity contribution in [3.8, 4) is 11.5 Å². The van der Waals surface area contributed by atoms with E-state index in [1.807, 2.05) is 72.8 Å². The van der Waals surface area contributed by atoms with Gasteiger partial charge in [0.1, 0.15) is 24.7 Å². The van der Waals surface area contributed by atoms with E-state index in [1.165, 1.54) is 0 Å². The second kappa shape index (κ2) is 11.5. The first-order valence-corrected chi connectivity index (χ1v) is 9.75. The predicted molar refractivity (Wildman–Crippen MR) is 118 cm³/mol. The van der Waals surface area contributed by atoms with Crippen LogP contribution in [0.25, 0.3) is 0 Å². The summed E-state index contributed by atoms with van der Waals surface area (Å²) in [4.78, 5) is 12.3. The number of hydrogen-bond acceptors (Lipinski definition) is 5. The maximum atomic E-state index is 12.3. The molecular formula is C24H26N2O4.